The molecule has 4 aromatic rings. The van der Waals surface area contributed by atoms with Gasteiger partial charge in [-0.2, -0.15) is 0 Å². The molecule has 8 nitrogen and oxygen atoms in total. The number of hydrogen-bond acceptors (Lipinski definition) is 6. The Morgan fingerprint density at radius 2 is 1.43 bits per heavy atom. The average molecular weight is 470 g/mol. The van der Waals surface area contributed by atoms with Crippen LogP contribution in [0.2, 0.25) is 0 Å². The highest BCUT2D eigenvalue weighted by Crippen LogP contribution is 2.29. The molecule has 1 aliphatic rings. The largest absolute Gasteiger partial charge is 0.497 e. The summed E-state index contributed by atoms with van der Waals surface area (Å²) in [6, 6.07) is 23.0. The summed E-state index contributed by atoms with van der Waals surface area (Å²) in [5.74, 6) is 3.10. The maximum atomic E-state index is 12.8. The van der Waals surface area contributed by atoms with Crippen LogP contribution in [0.25, 0.3) is 22.3 Å². The van der Waals surface area contributed by atoms with E-state index < -0.39 is 0 Å². The fourth-order valence-corrected chi connectivity index (χ4v) is 4.17. The molecule has 0 unspecified atom stereocenters. The van der Waals surface area contributed by atoms with Crippen LogP contribution in [0, 0.1) is 0 Å². The number of nitrogens with one attached hydrogen (secondary N) is 1. The Bertz CT molecular complexity index is 1320. The van der Waals surface area contributed by atoms with E-state index in [-0.39, 0.29) is 6.03 Å². The van der Waals surface area contributed by atoms with Gasteiger partial charge < -0.3 is 24.6 Å². The van der Waals surface area contributed by atoms with E-state index in [2.05, 4.69) is 10.2 Å². The second-order valence-electron chi connectivity index (χ2n) is 8.25. The van der Waals surface area contributed by atoms with Gasteiger partial charge in [0, 0.05) is 42.8 Å². The van der Waals surface area contributed by atoms with E-state index in [1.54, 1.807) is 14.2 Å². The van der Waals surface area contributed by atoms with Gasteiger partial charge in [-0.05, 0) is 60.7 Å². The van der Waals surface area contributed by atoms with Crippen molar-refractivity contribution in [2.24, 2.45) is 0 Å². The minimum absolute atomic E-state index is 0.110. The molecule has 0 radical (unpaired) electrons. The molecular formula is C27H27N5O3. The van der Waals surface area contributed by atoms with Crippen LogP contribution in [0.3, 0.4) is 0 Å². The quantitative estimate of drug-likeness (QED) is 0.458. The van der Waals surface area contributed by atoms with Crippen LogP contribution < -0.4 is 19.7 Å². The van der Waals surface area contributed by atoms with Crippen molar-refractivity contribution < 1.29 is 14.3 Å². The predicted molar refractivity (Wildman–Crippen MR) is 137 cm³/mol. The topological polar surface area (TPSA) is 79.8 Å². The molecule has 5 rings (SSSR count). The number of nitrogens with zero attached hydrogens (tertiary/aromatic N) is 4. The number of piperazine rings is 1. The Kier molecular flexibility index (Phi) is 6.34. The van der Waals surface area contributed by atoms with Crippen molar-refractivity contribution in [3.8, 4) is 22.9 Å². The zero-order valence-electron chi connectivity index (χ0n) is 19.8. The van der Waals surface area contributed by atoms with Crippen LogP contribution >= 0.6 is 0 Å². The molecule has 0 atom stereocenters. The first-order valence-electron chi connectivity index (χ1n) is 11.5. The number of hydrogen-bond donors (Lipinski definition) is 1. The summed E-state index contributed by atoms with van der Waals surface area (Å²) in [6.07, 6.45) is 0. The van der Waals surface area contributed by atoms with Crippen LogP contribution in [0.1, 0.15) is 0 Å². The number of urea groups is 1. The van der Waals surface area contributed by atoms with Gasteiger partial charge in [0.15, 0.2) is 5.82 Å². The van der Waals surface area contributed by atoms with Gasteiger partial charge in [0.1, 0.15) is 17.3 Å². The molecule has 1 N–H and O–H groups in total. The van der Waals surface area contributed by atoms with Gasteiger partial charge in [0.2, 0.25) is 0 Å². The number of rotatable bonds is 5. The Balaban J connectivity index is 1.33. The fourth-order valence-electron chi connectivity index (χ4n) is 4.17. The lowest BCUT2D eigenvalue weighted by molar-refractivity contribution is 0.208. The lowest BCUT2D eigenvalue weighted by atomic mass is 10.1. The molecule has 1 aliphatic heterocycles. The minimum atomic E-state index is -0.110. The molecule has 35 heavy (non-hydrogen) atoms. The van der Waals surface area contributed by atoms with Gasteiger partial charge >= 0.3 is 6.03 Å². The van der Waals surface area contributed by atoms with Gasteiger partial charge in [0.05, 0.1) is 19.7 Å². The highest BCUT2D eigenvalue weighted by atomic mass is 16.5. The first-order valence-corrected chi connectivity index (χ1v) is 11.5. The maximum absolute atomic E-state index is 12.8. The maximum Gasteiger partial charge on any atom is 0.321 e. The second kappa shape index (κ2) is 9.89. The molecule has 1 fully saturated rings. The van der Waals surface area contributed by atoms with Crippen molar-refractivity contribution in [3.63, 3.8) is 0 Å². The standard InChI is InChI=1S/C27H27N5O3/c1-34-21-11-7-19(8-12-21)25-29-24-6-4-3-5-23(24)26(30-25)31-15-17-32(18-16-31)27(33)28-20-9-13-22(35-2)14-10-20/h3-14H,15-18H2,1-2H3,(H,28,33). The molecule has 1 saturated heterocycles. The molecular weight excluding hydrogens is 442 g/mol. The SMILES string of the molecule is COc1ccc(NC(=O)N2CCN(c3nc(-c4ccc(OC)cc4)nc4ccccc34)CC2)cc1. The van der Waals surface area contributed by atoms with E-state index in [1.807, 2.05) is 77.7 Å². The summed E-state index contributed by atoms with van der Waals surface area (Å²) in [5, 5.41) is 3.97. The number of aromatic nitrogens is 2. The number of carbonyl (C=O) groups is 1. The fraction of sp³-hybridized carbons (Fsp3) is 0.222. The predicted octanol–water partition coefficient (Wildman–Crippen LogP) is 4.67. The smallest absolute Gasteiger partial charge is 0.321 e. The molecule has 0 bridgehead atoms. The van der Waals surface area contributed by atoms with E-state index >= 15 is 0 Å². The molecule has 0 aliphatic carbocycles. The summed E-state index contributed by atoms with van der Waals surface area (Å²) >= 11 is 0. The van der Waals surface area contributed by atoms with Gasteiger partial charge in [-0.15, -0.1) is 0 Å². The monoisotopic (exact) mass is 469 g/mol. The summed E-state index contributed by atoms with van der Waals surface area (Å²) in [5.41, 5.74) is 2.56. The Morgan fingerprint density at radius 1 is 0.800 bits per heavy atom. The van der Waals surface area contributed by atoms with Crippen molar-refractivity contribution in [3.05, 3.63) is 72.8 Å². The van der Waals surface area contributed by atoms with E-state index in [1.165, 1.54) is 0 Å². The van der Waals surface area contributed by atoms with Crippen molar-refractivity contribution in [2.45, 2.75) is 0 Å². The highest BCUT2D eigenvalue weighted by molar-refractivity contribution is 5.92. The average Bonchev–Trinajstić information content (AvgIpc) is 2.93. The number of para-hydroxylation sites is 1. The van der Waals surface area contributed by atoms with E-state index in [4.69, 9.17) is 19.4 Å². The van der Waals surface area contributed by atoms with Crippen molar-refractivity contribution >= 4 is 28.4 Å². The number of methoxy groups -OCH3 is 2. The first kappa shape index (κ1) is 22.5. The Hall–Kier alpha value is -4.33. The molecule has 2 heterocycles. The third-order valence-corrected chi connectivity index (χ3v) is 6.14. The summed E-state index contributed by atoms with van der Waals surface area (Å²) < 4.78 is 10.5. The van der Waals surface area contributed by atoms with Crippen LogP contribution in [-0.2, 0) is 0 Å². The Morgan fingerprint density at radius 3 is 2.09 bits per heavy atom. The molecule has 2 amide bonds. The van der Waals surface area contributed by atoms with Gasteiger partial charge in [-0.25, -0.2) is 14.8 Å². The number of ether oxygens (including phenoxy) is 2. The van der Waals surface area contributed by atoms with E-state index in [0.29, 0.717) is 32.0 Å². The van der Waals surface area contributed by atoms with Crippen molar-refractivity contribution in [2.75, 3.05) is 50.6 Å². The summed E-state index contributed by atoms with van der Waals surface area (Å²) in [4.78, 5) is 26.6. The Labute approximate surface area is 204 Å². The highest BCUT2D eigenvalue weighted by Gasteiger charge is 2.24. The molecule has 0 spiro atoms. The van der Waals surface area contributed by atoms with Crippen LogP contribution in [-0.4, -0.2) is 61.3 Å². The van der Waals surface area contributed by atoms with Crippen LogP contribution in [0.4, 0.5) is 16.3 Å². The molecule has 0 saturated carbocycles. The third kappa shape index (κ3) is 4.82. The zero-order chi connectivity index (χ0) is 24.2. The number of carbonyl (C=O) groups excluding carboxylic acids is 1. The van der Waals surface area contributed by atoms with Crippen molar-refractivity contribution in [1.82, 2.24) is 14.9 Å². The van der Waals surface area contributed by atoms with Crippen molar-refractivity contribution in [1.29, 1.82) is 0 Å². The first-order chi connectivity index (χ1) is 17.1. The second-order valence-corrected chi connectivity index (χ2v) is 8.25. The minimum Gasteiger partial charge on any atom is -0.497 e. The summed E-state index contributed by atoms with van der Waals surface area (Å²) in [7, 11) is 3.27. The summed E-state index contributed by atoms with van der Waals surface area (Å²) in [6.45, 7) is 2.55. The lowest BCUT2D eigenvalue weighted by Crippen LogP contribution is -2.50. The van der Waals surface area contributed by atoms with Gasteiger partial charge in [-0.3, -0.25) is 0 Å². The molecule has 8 heteroatoms. The molecule has 1 aromatic heterocycles. The van der Waals surface area contributed by atoms with E-state index in [9.17, 15) is 4.79 Å². The van der Waals surface area contributed by atoms with E-state index in [0.717, 1.165) is 39.5 Å². The van der Waals surface area contributed by atoms with Gasteiger partial charge in [-0.1, -0.05) is 12.1 Å². The van der Waals surface area contributed by atoms with Crippen LogP contribution in [0.5, 0.6) is 11.5 Å². The third-order valence-electron chi connectivity index (χ3n) is 6.14. The molecule has 3 aromatic carbocycles. The normalized spacial score (nSPS) is 13.5. The lowest BCUT2D eigenvalue weighted by Gasteiger charge is -2.36. The number of benzene rings is 3. The van der Waals surface area contributed by atoms with Gasteiger partial charge in [0.25, 0.3) is 0 Å². The number of fused-ring (bicyclic) bond motifs is 1. The number of anilines is 2. The zero-order valence-corrected chi connectivity index (χ0v) is 19.8. The molecule has 178 valence electrons. The van der Waals surface area contributed by atoms with Crippen LogP contribution in [0.15, 0.2) is 72.8 Å². The number of amides is 2.